The summed E-state index contributed by atoms with van der Waals surface area (Å²) in [4.78, 5) is 26.5. The van der Waals surface area contributed by atoms with Crippen LogP contribution < -0.4 is 9.64 Å². The van der Waals surface area contributed by atoms with Gasteiger partial charge < -0.3 is 14.4 Å². The SMILES string of the molecule is CCOc1ccc(C(=O)[C@H](C)OC(=O)c2ccc(N(C)C)cc2)cc1. The van der Waals surface area contributed by atoms with Gasteiger partial charge in [0.2, 0.25) is 5.78 Å². The van der Waals surface area contributed by atoms with Gasteiger partial charge in [0, 0.05) is 25.3 Å². The lowest BCUT2D eigenvalue weighted by Crippen LogP contribution is -2.24. The summed E-state index contributed by atoms with van der Waals surface area (Å²) in [6.45, 7) is 4.03. The first-order chi connectivity index (χ1) is 11.9. The zero-order valence-electron chi connectivity index (χ0n) is 15.0. The van der Waals surface area contributed by atoms with Crippen LogP contribution in [0.2, 0.25) is 0 Å². The third-order valence-corrected chi connectivity index (χ3v) is 3.72. The summed E-state index contributed by atoms with van der Waals surface area (Å²) in [5.41, 5.74) is 1.87. The van der Waals surface area contributed by atoms with Gasteiger partial charge in [-0.15, -0.1) is 0 Å². The Morgan fingerprint density at radius 1 is 0.960 bits per heavy atom. The zero-order valence-corrected chi connectivity index (χ0v) is 15.0. The van der Waals surface area contributed by atoms with Crippen molar-refractivity contribution < 1.29 is 19.1 Å². The Hall–Kier alpha value is -2.82. The highest BCUT2D eigenvalue weighted by Crippen LogP contribution is 2.16. The van der Waals surface area contributed by atoms with E-state index in [4.69, 9.17) is 9.47 Å². The van der Waals surface area contributed by atoms with E-state index in [0.29, 0.717) is 23.5 Å². The van der Waals surface area contributed by atoms with Crippen LogP contribution in [0.3, 0.4) is 0 Å². The summed E-state index contributed by atoms with van der Waals surface area (Å²) in [6, 6.07) is 13.8. The van der Waals surface area contributed by atoms with E-state index < -0.39 is 12.1 Å². The van der Waals surface area contributed by atoms with Gasteiger partial charge in [0.1, 0.15) is 5.75 Å². The summed E-state index contributed by atoms with van der Waals surface area (Å²) in [7, 11) is 3.84. The molecule has 0 aromatic heterocycles. The topological polar surface area (TPSA) is 55.8 Å². The van der Waals surface area contributed by atoms with Crippen LogP contribution in [0.15, 0.2) is 48.5 Å². The number of ketones is 1. The molecule has 25 heavy (non-hydrogen) atoms. The van der Waals surface area contributed by atoms with Crippen LogP contribution in [0.4, 0.5) is 5.69 Å². The number of hydrogen-bond acceptors (Lipinski definition) is 5. The molecule has 0 spiro atoms. The van der Waals surface area contributed by atoms with Crippen molar-refractivity contribution in [2.75, 3.05) is 25.6 Å². The summed E-state index contributed by atoms with van der Waals surface area (Å²) in [5.74, 6) is -0.0666. The van der Waals surface area contributed by atoms with Crippen molar-refractivity contribution in [2.45, 2.75) is 20.0 Å². The molecule has 0 unspecified atom stereocenters. The molecule has 0 heterocycles. The molecule has 0 saturated carbocycles. The lowest BCUT2D eigenvalue weighted by molar-refractivity contribution is 0.0319. The second-order valence-corrected chi connectivity index (χ2v) is 5.81. The van der Waals surface area contributed by atoms with Gasteiger partial charge in [0.15, 0.2) is 6.10 Å². The highest BCUT2D eigenvalue weighted by atomic mass is 16.5. The van der Waals surface area contributed by atoms with Gasteiger partial charge in [-0.25, -0.2) is 4.79 Å². The maximum atomic E-state index is 12.4. The number of anilines is 1. The fourth-order valence-corrected chi connectivity index (χ4v) is 2.29. The second-order valence-electron chi connectivity index (χ2n) is 5.81. The summed E-state index contributed by atoms with van der Waals surface area (Å²) in [5, 5.41) is 0. The van der Waals surface area contributed by atoms with E-state index in [0.717, 1.165) is 5.69 Å². The predicted molar refractivity (Wildman–Crippen MR) is 97.6 cm³/mol. The van der Waals surface area contributed by atoms with Crippen molar-refractivity contribution in [3.8, 4) is 5.75 Å². The first kappa shape index (κ1) is 18.5. The molecule has 0 radical (unpaired) electrons. The van der Waals surface area contributed by atoms with Crippen LogP contribution in [0.25, 0.3) is 0 Å². The highest BCUT2D eigenvalue weighted by Gasteiger charge is 2.20. The average molecular weight is 341 g/mol. The number of nitrogens with zero attached hydrogens (tertiary/aromatic N) is 1. The first-order valence-corrected chi connectivity index (χ1v) is 8.17. The summed E-state index contributed by atoms with van der Waals surface area (Å²) in [6.07, 6.45) is -0.862. The number of rotatable bonds is 7. The third-order valence-electron chi connectivity index (χ3n) is 3.72. The molecule has 0 amide bonds. The Labute approximate surface area is 148 Å². The Balaban J connectivity index is 2.01. The predicted octanol–water partition coefficient (Wildman–Crippen LogP) is 3.58. The quantitative estimate of drug-likeness (QED) is 0.569. The number of Topliss-reactive ketones (excluding diaryl/α,β-unsaturated/α-hetero) is 1. The van der Waals surface area contributed by atoms with Gasteiger partial charge in [-0.3, -0.25) is 4.79 Å². The van der Waals surface area contributed by atoms with E-state index in [9.17, 15) is 9.59 Å². The molecule has 0 bridgehead atoms. The molecule has 0 aliphatic rings. The molecule has 0 N–H and O–H groups in total. The smallest absolute Gasteiger partial charge is 0.338 e. The van der Waals surface area contributed by atoms with Crippen LogP contribution in [0.1, 0.15) is 34.6 Å². The molecular weight excluding hydrogens is 318 g/mol. The van der Waals surface area contributed by atoms with Crippen LogP contribution in [-0.4, -0.2) is 38.6 Å². The molecule has 5 nitrogen and oxygen atoms in total. The second kappa shape index (κ2) is 8.33. The van der Waals surface area contributed by atoms with Crippen LogP contribution in [-0.2, 0) is 4.74 Å². The molecule has 0 saturated heterocycles. The van der Waals surface area contributed by atoms with Crippen LogP contribution in [0.5, 0.6) is 5.75 Å². The normalized spacial score (nSPS) is 11.5. The van der Waals surface area contributed by atoms with Gasteiger partial charge >= 0.3 is 5.97 Å². The van der Waals surface area contributed by atoms with Crippen LogP contribution in [0, 0.1) is 0 Å². The molecular formula is C20H23NO4. The van der Waals surface area contributed by atoms with Gasteiger partial charge in [-0.05, 0) is 62.4 Å². The van der Waals surface area contributed by atoms with Crippen LogP contribution >= 0.6 is 0 Å². The van der Waals surface area contributed by atoms with Crippen molar-refractivity contribution in [3.63, 3.8) is 0 Å². The minimum Gasteiger partial charge on any atom is -0.494 e. The van der Waals surface area contributed by atoms with Gasteiger partial charge in [-0.2, -0.15) is 0 Å². The molecule has 132 valence electrons. The molecule has 2 aromatic rings. The summed E-state index contributed by atoms with van der Waals surface area (Å²) < 4.78 is 10.6. The Morgan fingerprint density at radius 3 is 2.04 bits per heavy atom. The molecule has 0 fully saturated rings. The Bertz CT molecular complexity index is 720. The number of hydrogen-bond donors (Lipinski definition) is 0. The van der Waals surface area contributed by atoms with Crippen molar-refractivity contribution in [2.24, 2.45) is 0 Å². The van der Waals surface area contributed by atoms with E-state index in [-0.39, 0.29) is 5.78 Å². The zero-order chi connectivity index (χ0) is 18.4. The number of benzene rings is 2. The van der Waals surface area contributed by atoms with Crippen molar-refractivity contribution >= 4 is 17.4 Å². The maximum absolute atomic E-state index is 12.4. The van der Waals surface area contributed by atoms with E-state index in [2.05, 4.69) is 0 Å². The monoisotopic (exact) mass is 341 g/mol. The number of carbonyl (C=O) groups is 2. The van der Waals surface area contributed by atoms with Gasteiger partial charge in [0.05, 0.1) is 12.2 Å². The maximum Gasteiger partial charge on any atom is 0.338 e. The highest BCUT2D eigenvalue weighted by molar-refractivity contribution is 6.01. The number of ether oxygens (including phenoxy) is 2. The van der Waals surface area contributed by atoms with E-state index in [1.54, 1.807) is 43.3 Å². The Kier molecular flexibility index (Phi) is 6.17. The Morgan fingerprint density at radius 2 is 1.52 bits per heavy atom. The number of carbonyl (C=O) groups excluding carboxylic acids is 2. The van der Waals surface area contributed by atoms with Gasteiger partial charge in [0.25, 0.3) is 0 Å². The molecule has 0 aliphatic carbocycles. The number of esters is 1. The molecule has 5 heteroatoms. The molecule has 1 atom stereocenters. The average Bonchev–Trinajstić information content (AvgIpc) is 2.62. The van der Waals surface area contributed by atoms with E-state index in [1.165, 1.54) is 0 Å². The van der Waals surface area contributed by atoms with Crippen molar-refractivity contribution in [1.29, 1.82) is 0 Å². The van der Waals surface area contributed by atoms with Gasteiger partial charge in [-0.1, -0.05) is 0 Å². The fourth-order valence-electron chi connectivity index (χ4n) is 2.29. The van der Waals surface area contributed by atoms with E-state index >= 15 is 0 Å². The fraction of sp³-hybridized carbons (Fsp3) is 0.300. The standard InChI is InChI=1S/C20H23NO4/c1-5-24-18-12-8-15(9-13-18)19(22)14(2)25-20(23)16-6-10-17(11-7-16)21(3)4/h6-14H,5H2,1-4H3/t14-/m0/s1. The lowest BCUT2D eigenvalue weighted by Gasteiger charge is -2.14. The minimum absolute atomic E-state index is 0.249. The van der Waals surface area contributed by atoms with Crippen molar-refractivity contribution in [1.82, 2.24) is 0 Å². The lowest BCUT2D eigenvalue weighted by atomic mass is 10.1. The third kappa shape index (κ3) is 4.83. The first-order valence-electron chi connectivity index (χ1n) is 8.17. The molecule has 2 rings (SSSR count). The summed E-state index contributed by atoms with van der Waals surface area (Å²) >= 11 is 0. The molecule has 2 aromatic carbocycles. The van der Waals surface area contributed by atoms with E-state index in [1.807, 2.05) is 38.1 Å². The van der Waals surface area contributed by atoms with Crippen molar-refractivity contribution in [3.05, 3.63) is 59.7 Å². The minimum atomic E-state index is -0.862. The largest absolute Gasteiger partial charge is 0.494 e. The molecule has 0 aliphatic heterocycles.